The minimum Gasteiger partial charge on any atom is -0.480 e. The predicted molar refractivity (Wildman–Crippen MR) is 81.5 cm³/mol. The Labute approximate surface area is 129 Å². The van der Waals surface area contributed by atoms with Gasteiger partial charge in [0, 0.05) is 21.7 Å². The molecule has 1 unspecified atom stereocenters. The van der Waals surface area contributed by atoms with Gasteiger partial charge in [0.25, 0.3) is 0 Å². The van der Waals surface area contributed by atoms with Crippen LogP contribution in [0.5, 0.6) is 0 Å². The van der Waals surface area contributed by atoms with Crippen LogP contribution in [-0.4, -0.2) is 17.1 Å². The molecule has 0 bridgehead atoms. The molecule has 1 saturated carbocycles. The molecule has 0 radical (unpaired) electrons. The van der Waals surface area contributed by atoms with Gasteiger partial charge in [0.2, 0.25) is 0 Å². The van der Waals surface area contributed by atoms with Gasteiger partial charge in [-0.3, -0.25) is 5.32 Å². The first-order valence-corrected chi connectivity index (χ1v) is 7.65. The van der Waals surface area contributed by atoms with Crippen molar-refractivity contribution in [3.8, 4) is 0 Å². The summed E-state index contributed by atoms with van der Waals surface area (Å²) < 4.78 is 0. The van der Waals surface area contributed by atoms with E-state index in [4.69, 9.17) is 23.2 Å². The average Bonchev–Trinajstić information content (AvgIpc) is 2.39. The molecule has 1 aromatic rings. The van der Waals surface area contributed by atoms with Crippen LogP contribution in [0.3, 0.4) is 0 Å². The summed E-state index contributed by atoms with van der Waals surface area (Å²) in [6.45, 7) is 1.67. The largest absolute Gasteiger partial charge is 0.480 e. The Morgan fingerprint density at radius 2 is 1.95 bits per heavy atom. The van der Waals surface area contributed by atoms with Crippen LogP contribution in [0.25, 0.3) is 0 Å². The maximum absolute atomic E-state index is 11.8. The summed E-state index contributed by atoms with van der Waals surface area (Å²) in [5, 5.41) is 13.8. The quantitative estimate of drug-likeness (QED) is 0.874. The number of carbonyl (C=O) groups is 1. The highest BCUT2D eigenvalue weighted by Gasteiger charge is 2.38. The smallest absolute Gasteiger partial charge is 0.328 e. The van der Waals surface area contributed by atoms with Crippen LogP contribution < -0.4 is 5.32 Å². The summed E-state index contributed by atoms with van der Waals surface area (Å²) in [5.74, 6) is -0.924. The third-order valence-electron chi connectivity index (χ3n) is 4.00. The second kappa shape index (κ2) is 6.33. The van der Waals surface area contributed by atoms with Crippen LogP contribution in [0.2, 0.25) is 10.0 Å². The summed E-state index contributed by atoms with van der Waals surface area (Å²) >= 11 is 12.1. The molecule has 1 aromatic carbocycles. The third kappa shape index (κ3) is 3.27. The molecule has 0 aliphatic heterocycles. The van der Waals surface area contributed by atoms with Crippen molar-refractivity contribution in [2.75, 3.05) is 0 Å². The van der Waals surface area contributed by atoms with Crippen LogP contribution in [-0.2, 0) is 10.3 Å². The van der Waals surface area contributed by atoms with Gasteiger partial charge in [0.15, 0.2) is 0 Å². The maximum atomic E-state index is 11.8. The highest BCUT2D eigenvalue weighted by atomic mass is 35.5. The number of rotatable bonds is 4. The second-order valence-electron chi connectivity index (χ2n) is 5.53. The summed E-state index contributed by atoms with van der Waals surface area (Å²) in [7, 11) is 0. The molecule has 0 saturated heterocycles. The normalized spacial score (nSPS) is 19.6. The Kier molecular flexibility index (Phi) is 4.95. The first-order chi connectivity index (χ1) is 9.43. The summed E-state index contributed by atoms with van der Waals surface area (Å²) in [4.78, 5) is 11.8. The van der Waals surface area contributed by atoms with Crippen LogP contribution in [0, 0.1) is 0 Å². The molecule has 5 heteroatoms. The van der Waals surface area contributed by atoms with E-state index in [1.807, 2.05) is 0 Å². The number of halogens is 2. The molecular weight excluding hydrogens is 297 g/mol. The van der Waals surface area contributed by atoms with Gasteiger partial charge in [-0.15, -0.1) is 0 Å². The fraction of sp³-hybridized carbons (Fsp3) is 0.533. The van der Waals surface area contributed by atoms with Gasteiger partial charge in [-0.2, -0.15) is 0 Å². The highest BCUT2D eigenvalue weighted by Crippen LogP contribution is 2.32. The standard InChI is InChI=1S/C15H19Cl2NO2/c1-15(14(19)20,18-11-5-3-2-4-6-11)12-8-7-10(16)9-13(12)17/h7-9,11,18H,2-6H2,1H3,(H,19,20). The fourth-order valence-electron chi connectivity index (χ4n) is 2.80. The van der Waals surface area contributed by atoms with E-state index in [0.717, 1.165) is 25.7 Å². The number of carboxylic acid groups (broad SMARTS) is 1. The van der Waals surface area contributed by atoms with E-state index in [2.05, 4.69) is 5.32 Å². The van der Waals surface area contributed by atoms with Crippen molar-refractivity contribution in [3.63, 3.8) is 0 Å². The molecule has 20 heavy (non-hydrogen) atoms. The predicted octanol–water partition coefficient (Wildman–Crippen LogP) is 4.22. The number of hydrogen-bond donors (Lipinski definition) is 2. The fourth-order valence-corrected chi connectivity index (χ4v) is 3.40. The number of aliphatic carboxylic acids is 1. The van der Waals surface area contributed by atoms with E-state index in [9.17, 15) is 9.90 Å². The molecule has 2 rings (SSSR count). The zero-order chi connectivity index (χ0) is 14.8. The van der Waals surface area contributed by atoms with Crippen LogP contribution >= 0.6 is 23.2 Å². The molecule has 1 aliphatic carbocycles. The molecule has 0 aromatic heterocycles. The number of carboxylic acids is 1. The van der Waals surface area contributed by atoms with Crippen molar-refractivity contribution >= 4 is 29.2 Å². The lowest BCUT2D eigenvalue weighted by Gasteiger charge is -2.34. The topological polar surface area (TPSA) is 49.3 Å². The van der Waals surface area contributed by atoms with E-state index in [0.29, 0.717) is 15.6 Å². The van der Waals surface area contributed by atoms with E-state index in [1.54, 1.807) is 25.1 Å². The summed E-state index contributed by atoms with van der Waals surface area (Å²) in [6, 6.07) is 5.17. The first kappa shape index (κ1) is 15.6. The molecule has 110 valence electrons. The van der Waals surface area contributed by atoms with Crippen LogP contribution in [0.15, 0.2) is 18.2 Å². The van der Waals surface area contributed by atoms with Gasteiger partial charge in [-0.1, -0.05) is 48.5 Å². The Morgan fingerprint density at radius 1 is 1.30 bits per heavy atom. The van der Waals surface area contributed by atoms with Crippen molar-refractivity contribution < 1.29 is 9.90 Å². The van der Waals surface area contributed by atoms with Crippen molar-refractivity contribution in [1.82, 2.24) is 5.32 Å². The SMILES string of the molecule is CC(NC1CCCCC1)(C(=O)O)c1ccc(Cl)cc1Cl. The highest BCUT2D eigenvalue weighted by molar-refractivity contribution is 6.35. The molecule has 0 amide bonds. The van der Waals surface area contributed by atoms with Crippen molar-refractivity contribution in [2.45, 2.75) is 50.6 Å². The molecule has 2 N–H and O–H groups in total. The first-order valence-electron chi connectivity index (χ1n) is 6.90. The summed E-state index contributed by atoms with van der Waals surface area (Å²) in [6.07, 6.45) is 5.52. The van der Waals surface area contributed by atoms with Crippen LogP contribution in [0.4, 0.5) is 0 Å². The zero-order valence-electron chi connectivity index (χ0n) is 11.5. The lowest BCUT2D eigenvalue weighted by Crippen LogP contribution is -2.52. The van der Waals surface area contributed by atoms with Crippen molar-refractivity contribution in [3.05, 3.63) is 33.8 Å². The van der Waals surface area contributed by atoms with Gasteiger partial charge in [0.1, 0.15) is 5.54 Å². The Bertz CT molecular complexity index is 501. The van der Waals surface area contributed by atoms with E-state index >= 15 is 0 Å². The molecular formula is C15H19Cl2NO2. The average molecular weight is 316 g/mol. The molecule has 0 spiro atoms. The molecule has 1 aliphatic rings. The van der Waals surface area contributed by atoms with Crippen molar-refractivity contribution in [1.29, 1.82) is 0 Å². The van der Waals surface area contributed by atoms with E-state index in [-0.39, 0.29) is 6.04 Å². The lowest BCUT2D eigenvalue weighted by atomic mass is 9.87. The Morgan fingerprint density at radius 3 is 2.50 bits per heavy atom. The van der Waals surface area contributed by atoms with E-state index < -0.39 is 11.5 Å². The maximum Gasteiger partial charge on any atom is 0.328 e. The monoisotopic (exact) mass is 315 g/mol. The van der Waals surface area contributed by atoms with Crippen molar-refractivity contribution in [2.24, 2.45) is 0 Å². The number of nitrogens with one attached hydrogen (secondary N) is 1. The Hall–Kier alpha value is -0.770. The van der Waals surface area contributed by atoms with Gasteiger partial charge in [-0.05, 0) is 31.9 Å². The minimum atomic E-state index is -1.19. The second-order valence-corrected chi connectivity index (χ2v) is 6.38. The molecule has 3 nitrogen and oxygen atoms in total. The molecule has 1 fully saturated rings. The lowest BCUT2D eigenvalue weighted by molar-refractivity contribution is -0.145. The molecule has 1 atom stereocenters. The zero-order valence-corrected chi connectivity index (χ0v) is 13.0. The molecule has 0 heterocycles. The van der Waals surface area contributed by atoms with Gasteiger partial charge in [0.05, 0.1) is 0 Å². The van der Waals surface area contributed by atoms with Gasteiger partial charge in [-0.25, -0.2) is 4.79 Å². The van der Waals surface area contributed by atoms with Crippen LogP contribution in [0.1, 0.15) is 44.6 Å². The van der Waals surface area contributed by atoms with Gasteiger partial charge < -0.3 is 5.11 Å². The summed E-state index contributed by atoms with van der Waals surface area (Å²) in [5.41, 5.74) is -0.634. The number of benzene rings is 1. The van der Waals surface area contributed by atoms with Gasteiger partial charge >= 0.3 is 5.97 Å². The number of hydrogen-bond acceptors (Lipinski definition) is 2. The van der Waals surface area contributed by atoms with E-state index in [1.165, 1.54) is 6.42 Å². The third-order valence-corrected chi connectivity index (χ3v) is 4.54. The minimum absolute atomic E-state index is 0.219. The Balaban J connectivity index is 2.30.